The van der Waals surface area contributed by atoms with Gasteiger partial charge in [-0.25, -0.2) is 0 Å². The second-order valence-corrected chi connectivity index (χ2v) is 4.61. The maximum Gasteiger partial charge on any atom is 0.227 e. The lowest BCUT2D eigenvalue weighted by Gasteiger charge is -2.27. The fraction of sp³-hybridized carbons (Fsp3) is 0.900. The van der Waals surface area contributed by atoms with Gasteiger partial charge < -0.3 is 20.5 Å². The van der Waals surface area contributed by atoms with E-state index in [-0.39, 0.29) is 23.4 Å². The zero-order valence-corrected chi connectivity index (χ0v) is 9.58. The Morgan fingerprint density at radius 2 is 2.27 bits per heavy atom. The van der Waals surface area contributed by atoms with Crippen molar-refractivity contribution in [3.8, 4) is 0 Å². The van der Waals surface area contributed by atoms with Gasteiger partial charge in [0.25, 0.3) is 0 Å². The summed E-state index contributed by atoms with van der Waals surface area (Å²) in [4.78, 5) is 11.8. The molecule has 0 aliphatic carbocycles. The lowest BCUT2D eigenvalue weighted by atomic mass is 10.0. The predicted octanol–water partition coefficient (Wildman–Crippen LogP) is -0.499. The summed E-state index contributed by atoms with van der Waals surface area (Å²) in [5, 5.41) is 2.91. The molecule has 3 N–H and O–H groups in total. The van der Waals surface area contributed by atoms with Crippen LogP contribution in [0.3, 0.4) is 0 Å². The van der Waals surface area contributed by atoms with Gasteiger partial charge in [-0.2, -0.15) is 0 Å². The van der Waals surface area contributed by atoms with Crippen molar-refractivity contribution in [3.05, 3.63) is 0 Å². The van der Waals surface area contributed by atoms with Gasteiger partial charge in [0.05, 0.1) is 31.3 Å². The molecule has 0 aromatic carbocycles. The normalized spacial score (nSPS) is 26.7. The summed E-state index contributed by atoms with van der Waals surface area (Å²) in [5.74, 6) is -0.289. The molecule has 0 aromatic rings. The van der Waals surface area contributed by atoms with Gasteiger partial charge in [0.15, 0.2) is 0 Å². The van der Waals surface area contributed by atoms with Crippen LogP contribution in [0.4, 0.5) is 0 Å². The number of carbonyl (C=O) groups is 1. The minimum absolute atomic E-state index is 0.0537. The number of hydrogen-bond donors (Lipinski definition) is 2. The molecule has 1 fully saturated rings. The summed E-state index contributed by atoms with van der Waals surface area (Å²) < 4.78 is 10.2. The second-order valence-electron chi connectivity index (χ2n) is 4.61. The Hall–Kier alpha value is -0.650. The zero-order chi connectivity index (χ0) is 11.5. The molecule has 88 valence electrons. The van der Waals surface area contributed by atoms with Gasteiger partial charge in [-0.1, -0.05) is 0 Å². The van der Waals surface area contributed by atoms with Crippen molar-refractivity contribution in [2.24, 2.45) is 11.7 Å². The van der Waals surface area contributed by atoms with Crippen molar-refractivity contribution < 1.29 is 14.3 Å². The van der Waals surface area contributed by atoms with Crippen LogP contribution in [0.25, 0.3) is 0 Å². The van der Waals surface area contributed by atoms with Crippen molar-refractivity contribution in [2.45, 2.75) is 25.4 Å². The van der Waals surface area contributed by atoms with Crippen LogP contribution in [-0.2, 0) is 14.3 Å². The van der Waals surface area contributed by atoms with Crippen molar-refractivity contribution in [3.63, 3.8) is 0 Å². The highest BCUT2D eigenvalue weighted by molar-refractivity contribution is 5.80. The first-order chi connectivity index (χ1) is 6.96. The molecule has 1 amide bonds. The van der Waals surface area contributed by atoms with Crippen LogP contribution >= 0.6 is 0 Å². The number of amides is 1. The van der Waals surface area contributed by atoms with E-state index in [0.717, 1.165) is 0 Å². The molecule has 5 heteroatoms. The molecular weight excluding hydrogens is 196 g/mol. The van der Waals surface area contributed by atoms with Crippen molar-refractivity contribution in [1.82, 2.24) is 5.32 Å². The Balaban J connectivity index is 2.47. The molecule has 1 saturated heterocycles. The van der Waals surface area contributed by atoms with Crippen LogP contribution in [0.15, 0.2) is 0 Å². The molecule has 1 aliphatic heterocycles. The highest BCUT2D eigenvalue weighted by atomic mass is 16.5. The molecule has 1 rings (SSSR count). The van der Waals surface area contributed by atoms with E-state index in [1.807, 2.05) is 13.8 Å². The van der Waals surface area contributed by atoms with E-state index < -0.39 is 0 Å². The molecule has 0 aromatic heterocycles. The molecule has 0 saturated carbocycles. The number of rotatable bonds is 4. The Morgan fingerprint density at radius 1 is 1.60 bits per heavy atom. The van der Waals surface area contributed by atoms with Crippen LogP contribution in [0.2, 0.25) is 0 Å². The topological polar surface area (TPSA) is 73.6 Å². The molecular formula is C10H20N2O3. The van der Waals surface area contributed by atoms with Gasteiger partial charge >= 0.3 is 0 Å². The SMILES string of the molecule is COCC(C)(C)NC(=O)C1COCC1N. The summed E-state index contributed by atoms with van der Waals surface area (Å²) in [6.45, 7) is 5.17. The highest BCUT2D eigenvalue weighted by Crippen LogP contribution is 2.13. The van der Waals surface area contributed by atoms with Crippen molar-refractivity contribution in [2.75, 3.05) is 26.9 Å². The maximum absolute atomic E-state index is 11.8. The monoisotopic (exact) mass is 216 g/mol. The van der Waals surface area contributed by atoms with Gasteiger partial charge in [-0.15, -0.1) is 0 Å². The zero-order valence-electron chi connectivity index (χ0n) is 9.58. The van der Waals surface area contributed by atoms with E-state index in [9.17, 15) is 4.79 Å². The summed E-state index contributed by atoms with van der Waals surface area (Å²) in [7, 11) is 1.61. The first-order valence-corrected chi connectivity index (χ1v) is 5.10. The van der Waals surface area contributed by atoms with E-state index >= 15 is 0 Å². The number of carbonyl (C=O) groups excluding carboxylic acids is 1. The number of nitrogens with one attached hydrogen (secondary N) is 1. The Kier molecular flexibility index (Phi) is 4.07. The van der Waals surface area contributed by atoms with Crippen LogP contribution in [0, 0.1) is 5.92 Å². The van der Waals surface area contributed by atoms with E-state index in [1.165, 1.54) is 0 Å². The van der Waals surface area contributed by atoms with Gasteiger partial charge in [0, 0.05) is 13.2 Å². The first-order valence-electron chi connectivity index (χ1n) is 5.10. The minimum Gasteiger partial charge on any atom is -0.382 e. The predicted molar refractivity (Wildman–Crippen MR) is 56.4 cm³/mol. The smallest absolute Gasteiger partial charge is 0.227 e. The Morgan fingerprint density at radius 3 is 2.73 bits per heavy atom. The third-order valence-electron chi connectivity index (χ3n) is 2.43. The largest absolute Gasteiger partial charge is 0.382 e. The van der Waals surface area contributed by atoms with E-state index in [0.29, 0.717) is 19.8 Å². The molecule has 2 atom stereocenters. The number of methoxy groups -OCH3 is 1. The minimum atomic E-state index is -0.367. The second kappa shape index (κ2) is 4.92. The van der Waals surface area contributed by atoms with Crippen LogP contribution < -0.4 is 11.1 Å². The van der Waals surface area contributed by atoms with E-state index in [4.69, 9.17) is 15.2 Å². The fourth-order valence-electron chi connectivity index (χ4n) is 1.66. The summed E-state index contributed by atoms with van der Waals surface area (Å²) in [5.41, 5.74) is 5.39. The number of ether oxygens (including phenoxy) is 2. The first kappa shape index (κ1) is 12.4. The lowest BCUT2D eigenvalue weighted by molar-refractivity contribution is -0.127. The van der Waals surface area contributed by atoms with Gasteiger partial charge in [0.2, 0.25) is 5.91 Å². The molecule has 2 unspecified atom stereocenters. The van der Waals surface area contributed by atoms with Crippen molar-refractivity contribution >= 4 is 5.91 Å². The van der Waals surface area contributed by atoms with Crippen LogP contribution in [0.1, 0.15) is 13.8 Å². The summed E-state index contributed by atoms with van der Waals surface area (Å²) in [6.07, 6.45) is 0. The molecule has 1 heterocycles. The summed E-state index contributed by atoms with van der Waals surface area (Å²) >= 11 is 0. The average molecular weight is 216 g/mol. The molecule has 0 bridgehead atoms. The molecule has 1 aliphatic rings. The Labute approximate surface area is 90.3 Å². The van der Waals surface area contributed by atoms with Gasteiger partial charge in [0.1, 0.15) is 0 Å². The molecule has 5 nitrogen and oxygen atoms in total. The van der Waals surface area contributed by atoms with Crippen LogP contribution in [-0.4, -0.2) is 44.4 Å². The average Bonchev–Trinajstić information content (AvgIpc) is 2.50. The van der Waals surface area contributed by atoms with Crippen molar-refractivity contribution in [1.29, 1.82) is 0 Å². The van der Waals surface area contributed by atoms with Gasteiger partial charge in [-0.3, -0.25) is 4.79 Å². The molecule has 15 heavy (non-hydrogen) atoms. The number of nitrogens with two attached hydrogens (primary N) is 1. The van der Waals surface area contributed by atoms with E-state index in [2.05, 4.69) is 5.32 Å². The maximum atomic E-state index is 11.8. The number of hydrogen-bond acceptors (Lipinski definition) is 4. The molecule has 0 radical (unpaired) electrons. The fourth-order valence-corrected chi connectivity index (χ4v) is 1.66. The quantitative estimate of drug-likeness (QED) is 0.664. The van der Waals surface area contributed by atoms with Gasteiger partial charge in [-0.05, 0) is 13.8 Å². The Bertz CT molecular complexity index is 231. The highest BCUT2D eigenvalue weighted by Gasteiger charge is 2.33. The lowest BCUT2D eigenvalue weighted by Crippen LogP contribution is -2.51. The molecule has 0 spiro atoms. The van der Waals surface area contributed by atoms with Crippen LogP contribution in [0.5, 0.6) is 0 Å². The third-order valence-corrected chi connectivity index (χ3v) is 2.43. The third kappa shape index (κ3) is 3.44. The standard InChI is InChI=1S/C10H20N2O3/c1-10(2,6-14-3)12-9(13)7-4-15-5-8(7)11/h7-8H,4-6,11H2,1-3H3,(H,12,13). The summed E-state index contributed by atoms with van der Waals surface area (Å²) in [6, 6.07) is -0.191. The van der Waals surface area contributed by atoms with E-state index in [1.54, 1.807) is 7.11 Å².